The van der Waals surface area contributed by atoms with Gasteiger partial charge < -0.3 is 9.88 Å². The fourth-order valence-corrected chi connectivity index (χ4v) is 2.75. The van der Waals surface area contributed by atoms with E-state index >= 15 is 0 Å². The van der Waals surface area contributed by atoms with Crippen LogP contribution in [0.25, 0.3) is 11.0 Å². The van der Waals surface area contributed by atoms with Crippen molar-refractivity contribution in [2.24, 2.45) is 0 Å². The van der Waals surface area contributed by atoms with Gasteiger partial charge in [-0.15, -0.1) is 0 Å². The van der Waals surface area contributed by atoms with Crippen LogP contribution in [0.4, 0.5) is 5.82 Å². The minimum Gasteiger partial charge on any atom is -0.359 e. The molecule has 0 aliphatic heterocycles. The number of H-pyrrole nitrogens is 1. The summed E-state index contributed by atoms with van der Waals surface area (Å²) in [6, 6.07) is 2.05. The molecular weight excluding hydrogens is 260 g/mol. The highest BCUT2D eigenvalue weighted by molar-refractivity contribution is 5.87. The highest BCUT2D eigenvalue weighted by Crippen LogP contribution is 2.21. The predicted octanol–water partition coefficient (Wildman–Crippen LogP) is 4.53. The van der Waals surface area contributed by atoms with Crippen molar-refractivity contribution >= 4 is 16.9 Å². The molecule has 2 heterocycles. The summed E-state index contributed by atoms with van der Waals surface area (Å²) < 4.78 is 0. The second kappa shape index (κ2) is 8.65. The van der Waals surface area contributed by atoms with E-state index in [9.17, 15) is 0 Å². The van der Waals surface area contributed by atoms with Crippen molar-refractivity contribution < 1.29 is 0 Å². The van der Waals surface area contributed by atoms with Crippen molar-refractivity contribution in [1.82, 2.24) is 15.0 Å². The third-order valence-electron chi connectivity index (χ3n) is 4.04. The van der Waals surface area contributed by atoms with E-state index in [0.717, 1.165) is 23.4 Å². The molecule has 0 amide bonds. The molecule has 0 spiro atoms. The van der Waals surface area contributed by atoms with Crippen LogP contribution in [0.15, 0.2) is 18.6 Å². The van der Waals surface area contributed by atoms with Gasteiger partial charge in [-0.05, 0) is 12.5 Å². The number of aromatic nitrogens is 3. The van der Waals surface area contributed by atoms with Gasteiger partial charge in [-0.3, -0.25) is 0 Å². The number of anilines is 1. The third-order valence-corrected chi connectivity index (χ3v) is 4.04. The van der Waals surface area contributed by atoms with E-state index in [0.29, 0.717) is 0 Å². The van der Waals surface area contributed by atoms with E-state index in [1.54, 1.807) is 6.33 Å². The molecule has 0 radical (unpaired) electrons. The van der Waals surface area contributed by atoms with Crippen molar-refractivity contribution in [2.45, 2.75) is 58.3 Å². The van der Waals surface area contributed by atoms with Gasteiger partial charge in [-0.25, -0.2) is 9.97 Å². The topological polar surface area (TPSA) is 44.8 Å². The number of hydrogen-bond donors (Lipinski definition) is 1. The Kier molecular flexibility index (Phi) is 6.51. The Bertz CT molecular complexity index is 520. The van der Waals surface area contributed by atoms with Crippen LogP contribution in [0.1, 0.15) is 58.3 Å². The Hall–Kier alpha value is -1.58. The van der Waals surface area contributed by atoms with Crippen molar-refractivity contribution in [2.75, 3.05) is 18.5 Å². The van der Waals surface area contributed by atoms with Crippen LogP contribution < -0.4 is 4.90 Å². The van der Waals surface area contributed by atoms with Gasteiger partial charge in [0.05, 0.1) is 5.39 Å². The molecule has 2 aromatic heterocycles. The summed E-state index contributed by atoms with van der Waals surface area (Å²) in [6.07, 6.45) is 14.4. The normalized spacial score (nSPS) is 11.1. The van der Waals surface area contributed by atoms with Crippen molar-refractivity contribution in [1.29, 1.82) is 0 Å². The maximum absolute atomic E-state index is 4.42. The average Bonchev–Trinajstić information content (AvgIpc) is 2.98. The molecule has 0 atom stereocenters. The summed E-state index contributed by atoms with van der Waals surface area (Å²) >= 11 is 0. The molecule has 0 fully saturated rings. The molecular formula is C17H28N4. The summed E-state index contributed by atoms with van der Waals surface area (Å²) in [4.78, 5) is 14.0. The first-order chi connectivity index (χ1) is 10.3. The molecule has 0 saturated carbocycles. The Morgan fingerprint density at radius 3 is 2.48 bits per heavy atom. The molecule has 2 rings (SSSR count). The van der Waals surface area contributed by atoms with Gasteiger partial charge in [0, 0.05) is 19.8 Å². The number of unbranched alkanes of at least 4 members (excludes halogenated alkanes) is 7. The molecule has 0 aromatic carbocycles. The minimum absolute atomic E-state index is 0.919. The molecule has 1 N–H and O–H groups in total. The smallest absolute Gasteiger partial charge is 0.142 e. The quantitative estimate of drug-likeness (QED) is 0.653. The number of nitrogens with one attached hydrogen (secondary N) is 1. The minimum atomic E-state index is 0.919. The molecule has 4 nitrogen and oxygen atoms in total. The molecule has 4 heteroatoms. The maximum atomic E-state index is 4.42. The zero-order valence-corrected chi connectivity index (χ0v) is 13.4. The van der Waals surface area contributed by atoms with Gasteiger partial charge >= 0.3 is 0 Å². The summed E-state index contributed by atoms with van der Waals surface area (Å²) in [5.41, 5.74) is 0.919. The molecule has 0 saturated heterocycles. The summed E-state index contributed by atoms with van der Waals surface area (Å²) in [7, 11) is 2.12. The van der Waals surface area contributed by atoms with Crippen molar-refractivity contribution in [3.05, 3.63) is 18.6 Å². The lowest BCUT2D eigenvalue weighted by molar-refractivity contribution is 0.575. The zero-order chi connectivity index (χ0) is 14.9. The van der Waals surface area contributed by atoms with E-state index in [4.69, 9.17) is 0 Å². The fraction of sp³-hybridized carbons (Fsp3) is 0.647. The third kappa shape index (κ3) is 4.73. The fourth-order valence-electron chi connectivity index (χ4n) is 2.75. The zero-order valence-electron chi connectivity index (χ0n) is 13.4. The number of rotatable bonds is 10. The van der Waals surface area contributed by atoms with Crippen molar-refractivity contribution in [3.63, 3.8) is 0 Å². The van der Waals surface area contributed by atoms with E-state index in [-0.39, 0.29) is 0 Å². The van der Waals surface area contributed by atoms with E-state index in [1.807, 2.05) is 6.20 Å². The van der Waals surface area contributed by atoms with Gasteiger partial charge in [0.2, 0.25) is 0 Å². The van der Waals surface area contributed by atoms with E-state index in [2.05, 4.69) is 39.9 Å². The Morgan fingerprint density at radius 2 is 1.71 bits per heavy atom. The van der Waals surface area contributed by atoms with Crippen molar-refractivity contribution in [3.8, 4) is 0 Å². The number of hydrogen-bond acceptors (Lipinski definition) is 3. The van der Waals surface area contributed by atoms with Crippen LogP contribution in [0.3, 0.4) is 0 Å². The lowest BCUT2D eigenvalue weighted by atomic mass is 10.1. The van der Waals surface area contributed by atoms with Gasteiger partial charge in [0.25, 0.3) is 0 Å². The van der Waals surface area contributed by atoms with Crippen LogP contribution in [0.5, 0.6) is 0 Å². The first-order valence-corrected chi connectivity index (χ1v) is 8.32. The molecule has 0 unspecified atom stereocenters. The second-order valence-corrected chi connectivity index (χ2v) is 5.83. The number of aromatic amines is 1. The second-order valence-electron chi connectivity index (χ2n) is 5.83. The lowest BCUT2D eigenvalue weighted by Gasteiger charge is -2.18. The van der Waals surface area contributed by atoms with Crippen LogP contribution in [0.2, 0.25) is 0 Å². The predicted molar refractivity (Wildman–Crippen MR) is 89.8 cm³/mol. The van der Waals surface area contributed by atoms with E-state index in [1.165, 1.54) is 51.4 Å². The van der Waals surface area contributed by atoms with Gasteiger partial charge in [-0.1, -0.05) is 51.9 Å². The van der Waals surface area contributed by atoms with Crippen LogP contribution in [-0.2, 0) is 0 Å². The average molecular weight is 288 g/mol. The number of nitrogens with zero attached hydrogens (tertiary/aromatic N) is 3. The summed E-state index contributed by atoms with van der Waals surface area (Å²) in [5, 5.41) is 1.11. The molecule has 0 aliphatic rings. The largest absolute Gasteiger partial charge is 0.359 e. The highest BCUT2D eigenvalue weighted by atomic mass is 15.2. The Labute approximate surface area is 128 Å². The van der Waals surface area contributed by atoms with Crippen LogP contribution >= 0.6 is 0 Å². The number of fused-ring (bicyclic) bond motifs is 1. The van der Waals surface area contributed by atoms with Gasteiger partial charge in [-0.2, -0.15) is 0 Å². The molecule has 0 bridgehead atoms. The van der Waals surface area contributed by atoms with Crippen LogP contribution in [-0.4, -0.2) is 28.5 Å². The molecule has 116 valence electrons. The van der Waals surface area contributed by atoms with Crippen LogP contribution in [0, 0.1) is 0 Å². The van der Waals surface area contributed by atoms with Gasteiger partial charge in [0.15, 0.2) is 0 Å². The summed E-state index contributed by atoms with van der Waals surface area (Å²) in [5.74, 6) is 1.03. The maximum Gasteiger partial charge on any atom is 0.142 e. The first-order valence-electron chi connectivity index (χ1n) is 8.32. The Morgan fingerprint density at radius 1 is 1.00 bits per heavy atom. The van der Waals surface area contributed by atoms with E-state index < -0.39 is 0 Å². The first kappa shape index (κ1) is 15.8. The van der Waals surface area contributed by atoms with Gasteiger partial charge in [0.1, 0.15) is 17.8 Å². The Balaban J connectivity index is 1.68. The standard InChI is InChI=1S/C17H28N4/c1-3-4-5-6-7-8-9-10-13-21(2)17-15-11-12-18-16(15)19-14-20-17/h11-12,14H,3-10,13H2,1-2H3,(H,18,19,20). The summed E-state index contributed by atoms with van der Waals surface area (Å²) in [6.45, 7) is 3.33. The molecule has 0 aliphatic carbocycles. The molecule has 21 heavy (non-hydrogen) atoms. The monoisotopic (exact) mass is 288 g/mol. The lowest BCUT2D eigenvalue weighted by Crippen LogP contribution is -2.20. The SMILES string of the molecule is CCCCCCCCCCN(C)c1ncnc2[nH]ccc12. The molecule has 2 aromatic rings. The highest BCUT2D eigenvalue weighted by Gasteiger charge is 2.08.